The largest absolute Gasteiger partial charge is 0.497 e. The van der Waals surface area contributed by atoms with Gasteiger partial charge in [-0.15, -0.1) is 0 Å². The predicted molar refractivity (Wildman–Crippen MR) is 463 cm³/mol. The van der Waals surface area contributed by atoms with Gasteiger partial charge < -0.3 is 69.3 Å². The molecule has 12 aromatic heterocycles. The molecule has 0 unspecified atom stereocenters. The zero-order valence-corrected chi connectivity index (χ0v) is 67.7. The minimum Gasteiger partial charge on any atom is -0.497 e. The van der Waals surface area contributed by atoms with Crippen molar-refractivity contribution >= 4 is 98.0 Å². The molecule has 12 N–H and O–H groups in total. The summed E-state index contributed by atoms with van der Waals surface area (Å²) in [5.41, 5.74) is 16.2. The van der Waals surface area contributed by atoms with Gasteiger partial charge in [0.2, 0.25) is 23.8 Å². The molecule has 1 aliphatic carbocycles. The van der Waals surface area contributed by atoms with Crippen molar-refractivity contribution < 1.29 is 47.3 Å². The normalized spacial score (nSPS) is 11.4. The maximum absolute atomic E-state index is 14.5. The van der Waals surface area contributed by atoms with Crippen LogP contribution in [0, 0.1) is 5.82 Å². The van der Waals surface area contributed by atoms with E-state index in [0.717, 1.165) is 79.8 Å². The van der Waals surface area contributed by atoms with E-state index in [9.17, 15) is 33.2 Å². The highest BCUT2D eigenvalue weighted by Crippen LogP contribution is 2.39. The standard InChI is InChI=1S/C23H24N6O3.C22H21N7O3.C21H21N7O3.C20H17FN6O/c1-4-24-23(31)28-22-26-19-11-15(14-7-9-29(3)20(30)12-14)10-17(21(19)27-22)18-13-16(32-5-2)6-8-25-18;1-2-32-22(31)28-21-26-17-10-14(9-15(19(17)27-21)16-5-3-4-8-23-16)29-11-18(24-12-29)20(30)25-13-6-7-13;1-4-22-20(29)28-19-26-17-8-12(13-10-24-21(31-3)25-11-13)7-15(18(17)27-19)16-9-14(30-2)5-6-23-16;1-2-23-20(28)27-19-25-16-10-13(12-5-3-7-22-11-12)9-14(18(16)26-19)17-15(21)6-4-8-24-17/h6-13H,4-5H2,1-3H3,(H3,24,26,27,28,31);3-5,8-13H,2,6-7H2,1H3,(H,25,30)(H2,26,27,28,31);5-11H,4H2,1-3H3,(H3,22,26,27,28,29);3-11H,2H2,1H3,(H3,23,25,26,27,28). The third-order valence-corrected chi connectivity index (χ3v) is 18.7. The van der Waals surface area contributed by atoms with Crippen LogP contribution in [0.15, 0.2) is 200 Å². The second-order valence-corrected chi connectivity index (χ2v) is 27.2. The fraction of sp³-hybridized carbons (Fsp3) is 0.186. The van der Waals surface area contributed by atoms with E-state index in [1.165, 1.54) is 30.0 Å². The number of urea groups is 3. The molecule has 1 aliphatic rings. The van der Waals surface area contributed by atoms with Crippen LogP contribution in [0.4, 0.5) is 47.4 Å². The Hall–Kier alpha value is -16.4. The fourth-order valence-electron chi connectivity index (χ4n) is 12.8. The molecule has 0 bridgehead atoms. The number of aromatic amines is 4. The van der Waals surface area contributed by atoms with Crippen LogP contribution in [0.5, 0.6) is 17.5 Å². The van der Waals surface area contributed by atoms with Gasteiger partial charge in [0.15, 0.2) is 0 Å². The molecule has 1 saturated carbocycles. The summed E-state index contributed by atoms with van der Waals surface area (Å²) in [5.74, 6) is 1.91. The number of hydrogen-bond donors (Lipinski definition) is 12. The van der Waals surface area contributed by atoms with Gasteiger partial charge in [-0.25, -0.2) is 58.5 Å². The third-order valence-electron chi connectivity index (χ3n) is 18.7. The highest BCUT2D eigenvalue weighted by molar-refractivity contribution is 6.02. The number of carbonyl (C=O) groups is 5. The molecule has 0 atom stereocenters. The van der Waals surface area contributed by atoms with E-state index in [1.807, 2.05) is 125 Å². The number of hydrogen-bond acceptors (Lipinski definition) is 22. The Kier molecular flexibility index (Phi) is 25.9. The van der Waals surface area contributed by atoms with Gasteiger partial charge in [0.1, 0.15) is 46.1 Å². The molecule has 1 fully saturated rings. The summed E-state index contributed by atoms with van der Waals surface area (Å²) < 4.78 is 38.7. The van der Waals surface area contributed by atoms with E-state index >= 15 is 0 Å². The summed E-state index contributed by atoms with van der Waals surface area (Å²) in [4.78, 5) is 137. The number of rotatable bonds is 22. The van der Waals surface area contributed by atoms with Crippen LogP contribution in [0.2, 0.25) is 0 Å². The van der Waals surface area contributed by atoms with Gasteiger partial charge in [-0.1, -0.05) is 12.1 Å². The lowest BCUT2D eigenvalue weighted by Crippen LogP contribution is -2.28. The molecule has 8 amide bonds. The first-order chi connectivity index (χ1) is 59.8. The summed E-state index contributed by atoms with van der Waals surface area (Å²) in [6.45, 7) is 11.4. The zero-order chi connectivity index (χ0) is 86.0. The lowest BCUT2D eigenvalue weighted by atomic mass is 10.0. The molecular formula is C86H83FN26O10. The summed E-state index contributed by atoms with van der Waals surface area (Å²) >= 11 is 0. The first kappa shape index (κ1) is 83.1. The topological polar surface area (TPSA) is 463 Å². The van der Waals surface area contributed by atoms with Crippen molar-refractivity contribution in [2.24, 2.45) is 7.05 Å². The molecule has 0 saturated heterocycles. The molecule has 0 radical (unpaired) electrons. The van der Waals surface area contributed by atoms with E-state index in [4.69, 9.17) is 18.9 Å². The van der Waals surface area contributed by atoms with Crippen LogP contribution in [0.1, 0.15) is 57.9 Å². The van der Waals surface area contributed by atoms with E-state index < -0.39 is 11.9 Å². The molecule has 4 aromatic carbocycles. The highest BCUT2D eigenvalue weighted by Gasteiger charge is 2.26. The van der Waals surface area contributed by atoms with Gasteiger partial charge >= 0.3 is 30.2 Å². The van der Waals surface area contributed by atoms with Crippen LogP contribution >= 0.6 is 0 Å². The number of nitrogens with one attached hydrogen (secondary N) is 12. The average molecular weight is 1660 g/mol. The van der Waals surface area contributed by atoms with Crippen molar-refractivity contribution in [1.29, 1.82) is 0 Å². The number of carbonyl (C=O) groups excluding carboxylic acids is 5. The van der Waals surface area contributed by atoms with Crippen LogP contribution < -0.4 is 62.3 Å². The molecule has 0 spiro atoms. The number of ether oxygens (including phenoxy) is 4. The number of halogens is 1. The quantitative estimate of drug-likeness (QED) is 0.0300. The third kappa shape index (κ3) is 20.3. The maximum atomic E-state index is 14.5. The Bertz CT molecular complexity index is 6570. The van der Waals surface area contributed by atoms with E-state index in [1.54, 1.807) is 106 Å². The summed E-state index contributed by atoms with van der Waals surface area (Å²) in [6, 6.07) is 37.6. The van der Waals surface area contributed by atoms with Crippen molar-refractivity contribution in [3.8, 4) is 102 Å². The number of fused-ring (bicyclic) bond motifs is 4. The number of anilines is 4. The first-order valence-electron chi connectivity index (χ1n) is 39.0. The molecule has 17 rings (SSSR count). The number of benzene rings is 4. The lowest BCUT2D eigenvalue weighted by Gasteiger charge is -2.09. The number of H-pyrrole nitrogens is 4. The van der Waals surface area contributed by atoms with Crippen LogP contribution in [-0.2, 0) is 11.8 Å². The Labute approximate surface area is 700 Å². The van der Waals surface area contributed by atoms with Crippen LogP contribution in [-0.4, -0.2) is 172 Å². The molecule has 16 aromatic rings. The Morgan fingerprint density at radius 2 is 1.02 bits per heavy atom. The van der Waals surface area contributed by atoms with Crippen LogP contribution in [0.3, 0.4) is 0 Å². The number of methoxy groups -OCH3 is 2. The molecule has 123 heavy (non-hydrogen) atoms. The molecule has 37 heteroatoms. The van der Waals surface area contributed by atoms with Gasteiger partial charge in [-0.05, 0) is 167 Å². The molecule has 624 valence electrons. The van der Waals surface area contributed by atoms with Crippen molar-refractivity contribution in [3.05, 3.63) is 218 Å². The second kappa shape index (κ2) is 38.4. The van der Waals surface area contributed by atoms with Crippen molar-refractivity contribution in [3.63, 3.8) is 0 Å². The summed E-state index contributed by atoms with van der Waals surface area (Å²) in [7, 11) is 4.82. The van der Waals surface area contributed by atoms with E-state index in [2.05, 4.69) is 122 Å². The number of aryl methyl sites for hydroxylation is 1. The minimum absolute atomic E-state index is 0.108. The Morgan fingerprint density at radius 1 is 0.488 bits per heavy atom. The number of pyridine rings is 6. The maximum Gasteiger partial charge on any atom is 0.413 e. The number of nitrogens with zero attached hydrogens (tertiary/aromatic N) is 14. The Morgan fingerprint density at radius 3 is 1.56 bits per heavy atom. The van der Waals surface area contributed by atoms with Gasteiger partial charge in [-0.2, -0.15) is 0 Å². The monoisotopic (exact) mass is 1660 g/mol. The van der Waals surface area contributed by atoms with Crippen molar-refractivity contribution in [2.75, 3.05) is 68.3 Å². The second-order valence-electron chi connectivity index (χ2n) is 27.2. The van der Waals surface area contributed by atoms with Crippen LogP contribution in [0.25, 0.3) is 128 Å². The van der Waals surface area contributed by atoms with Crippen molar-refractivity contribution in [1.82, 2.24) is 110 Å². The zero-order valence-electron chi connectivity index (χ0n) is 67.7. The first-order valence-corrected chi connectivity index (χ1v) is 39.0. The highest BCUT2D eigenvalue weighted by atomic mass is 19.1. The summed E-state index contributed by atoms with van der Waals surface area (Å²) in [6.07, 6.45) is 19.8. The smallest absolute Gasteiger partial charge is 0.413 e. The average Bonchev–Trinajstić information content (AvgIpc) is 1.68. The SMILES string of the molecule is CCNC(=O)Nc1nc2c(-c3cc(OC)ccn3)cc(-c3cnc(OC)nc3)cc2[nH]1.CCNC(=O)Nc1nc2c(-c3cc(OCC)ccn3)cc(-c3ccn(C)c(=O)c3)cc2[nH]1.CCNC(=O)Nc1nc2c(-c3ncccc3F)cc(-c3cccnc3)cc2[nH]1.CCOC(=O)Nc1nc2c(-c3ccccn3)cc(-n3cnc(C(=O)NC4CC4)c3)cc2[nH]1. The molecule has 36 nitrogen and oxygen atoms in total. The lowest BCUT2D eigenvalue weighted by molar-refractivity contribution is 0.0946. The van der Waals surface area contributed by atoms with Crippen molar-refractivity contribution in [2.45, 2.75) is 53.5 Å². The van der Waals surface area contributed by atoms with Gasteiger partial charge in [-0.3, -0.25) is 55.8 Å². The number of imidazole rings is 5. The Balaban J connectivity index is 0.000000134. The molecule has 12 heterocycles. The van der Waals surface area contributed by atoms with Gasteiger partial charge in [0, 0.05) is 152 Å². The fourth-order valence-corrected chi connectivity index (χ4v) is 12.8. The number of aromatic nitrogens is 18. The predicted octanol–water partition coefficient (Wildman–Crippen LogP) is 14.0. The number of amides is 8. The molecule has 0 aliphatic heterocycles. The van der Waals surface area contributed by atoms with Gasteiger partial charge in [0.05, 0.1) is 77.6 Å². The minimum atomic E-state index is -0.591. The summed E-state index contributed by atoms with van der Waals surface area (Å²) in [5, 5.41) is 21.6. The van der Waals surface area contributed by atoms with Gasteiger partial charge in [0.25, 0.3) is 11.5 Å². The van der Waals surface area contributed by atoms with E-state index in [0.29, 0.717) is 111 Å². The van der Waals surface area contributed by atoms with E-state index in [-0.39, 0.29) is 65.8 Å². The molecular weight excluding hydrogens is 1580 g/mol.